The van der Waals surface area contributed by atoms with Crippen molar-refractivity contribution in [3.63, 3.8) is 0 Å². The van der Waals surface area contributed by atoms with Crippen LogP contribution in [-0.2, 0) is 12.8 Å². The minimum absolute atomic E-state index is 0. The van der Waals surface area contributed by atoms with Gasteiger partial charge >= 0.3 is 43.7 Å². The van der Waals surface area contributed by atoms with Gasteiger partial charge in [-0.05, 0) is 55.0 Å². The zero-order valence-corrected chi connectivity index (χ0v) is 22.0. The molecule has 0 bridgehead atoms. The van der Waals surface area contributed by atoms with Crippen molar-refractivity contribution < 1.29 is 30.0 Å². The molecule has 0 spiro atoms. The Balaban J connectivity index is 0.000000602. The topological polar surface area (TPSA) is 121 Å². The predicted octanol–water partition coefficient (Wildman–Crippen LogP) is 4.08. The molecule has 0 aliphatic carbocycles. The van der Waals surface area contributed by atoms with Crippen molar-refractivity contribution in [3.8, 4) is 11.5 Å². The molecule has 6 nitrogen and oxygen atoms in total. The zero-order valence-electron chi connectivity index (χ0n) is 19.8. The molecule has 0 unspecified atom stereocenters. The van der Waals surface area contributed by atoms with Crippen molar-refractivity contribution in [2.24, 2.45) is 0 Å². The quantitative estimate of drug-likeness (QED) is 0.347. The van der Waals surface area contributed by atoms with E-state index in [2.05, 4.69) is 13.8 Å². The monoisotopic (exact) mass is 482 g/mol. The molecule has 7 heteroatoms. The van der Waals surface area contributed by atoms with Gasteiger partial charge in [-0.1, -0.05) is 70.6 Å². The van der Waals surface area contributed by atoms with Crippen LogP contribution in [0.1, 0.15) is 97.1 Å². The minimum atomic E-state index is -1.20. The van der Waals surface area contributed by atoms with Crippen LogP contribution in [0.3, 0.4) is 0 Å². The number of carbonyl (C=O) groups is 2. The maximum Gasteiger partial charge on any atom is 2.00 e. The molecule has 176 valence electrons. The second-order valence-corrected chi connectivity index (χ2v) is 7.87. The van der Waals surface area contributed by atoms with Gasteiger partial charge in [0.2, 0.25) is 0 Å². The van der Waals surface area contributed by atoms with Crippen LogP contribution in [-0.4, -0.2) is 59.9 Å². The van der Waals surface area contributed by atoms with E-state index in [-0.39, 0.29) is 54.8 Å². The number of carboxylic acids is 2. The molecule has 0 amide bonds. The molecule has 2 aromatic carbocycles. The first-order valence-electron chi connectivity index (χ1n) is 11.4. The number of aromatic carboxylic acids is 2. The van der Waals surface area contributed by atoms with Crippen molar-refractivity contribution in [2.75, 3.05) is 0 Å². The van der Waals surface area contributed by atoms with Crippen LogP contribution in [0.4, 0.5) is 0 Å². The van der Waals surface area contributed by atoms with E-state index in [1.165, 1.54) is 36.8 Å². The van der Waals surface area contributed by atoms with Crippen molar-refractivity contribution >= 4 is 49.7 Å². The average molecular weight is 483 g/mol. The van der Waals surface area contributed by atoms with Crippen LogP contribution in [0.2, 0.25) is 0 Å². The van der Waals surface area contributed by atoms with Crippen LogP contribution in [0.5, 0.6) is 11.5 Å². The summed E-state index contributed by atoms with van der Waals surface area (Å²) in [7, 11) is 0. The number of rotatable bonds is 12. The van der Waals surface area contributed by atoms with E-state index in [4.69, 9.17) is 5.11 Å². The van der Waals surface area contributed by atoms with Crippen LogP contribution >= 0.6 is 0 Å². The Morgan fingerprint density at radius 3 is 1.79 bits per heavy atom. The Kier molecular flexibility index (Phi) is 16.7. The molecule has 2 rings (SSSR count). The Morgan fingerprint density at radius 1 is 0.788 bits per heavy atom. The number of aryl methyl sites for hydroxylation is 2. The summed E-state index contributed by atoms with van der Waals surface area (Å²) >= 11 is 0. The number of aromatic hydroxyl groups is 1. The van der Waals surface area contributed by atoms with Crippen LogP contribution in [0.15, 0.2) is 36.4 Å². The second-order valence-electron chi connectivity index (χ2n) is 7.87. The molecule has 0 saturated carbocycles. The van der Waals surface area contributed by atoms with Gasteiger partial charge in [-0.2, -0.15) is 0 Å². The van der Waals surface area contributed by atoms with E-state index < -0.39 is 11.9 Å². The fourth-order valence-electron chi connectivity index (χ4n) is 3.46. The number of carbonyl (C=O) groups excluding carboxylic acids is 1. The van der Waals surface area contributed by atoms with Gasteiger partial charge < -0.3 is 25.2 Å². The molecule has 33 heavy (non-hydrogen) atoms. The van der Waals surface area contributed by atoms with Crippen LogP contribution in [0.25, 0.3) is 0 Å². The number of phenols is 1. The molecule has 2 aromatic rings. The molecule has 0 saturated heterocycles. The summed E-state index contributed by atoms with van der Waals surface area (Å²) in [5.74, 6) is -2.14. The van der Waals surface area contributed by atoms with E-state index in [0.717, 1.165) is 56.9 Å². The number of benzene rings is 2. The molecular weight excluding hydrogens is 448 g/mol. The Hall–Kier alpha value is -1.76. The first-order valence-corrected chi connectivity index (χ1v) is 11.4. The van der Waals surface area contributed by atoms with E-state index in [9.17, 15) is 24.9 Å². The number of hydrogen-bond donors (Lipinski definition) is 2. The molecule has 0 heterocycles. The second kappa shape index (κ2) is 17.7. The average Bonchev–Trinajstić information content (AvgIpc) is 2.74. The van der Waals surface area contributed by atoms with Crippen molar-refractivity contribution in [1.82, 2.24) is 0 Å². The normalized spacial score (nSPS) is 10.0. The molecule has 0 fully saturated rings. The Bertz CT molecular complexity index is 794. The number of hydrogen-bond acceptors (Lipinski definition) is 5. The maximum atomic E-state index is 11.1. The first kappa shape index (κ1) is 31.2. The standard InChI is InChI=1S/2C13H18O3.Ca/c2*1-2-3-4-5-6-10-9-11(14)7-8-12(10)13(15)16;/h2*7-9,14H,2-6H2,1H3,(H,15,16);/q;;+2/p-2. The molecule has 0 atom stereocenters. The van der Waals surface area contributed by atoms with Gasteiger partial charge in [-0.25, -0.2) is 4.79 Å². The van der Waals surface area contributed by atoms with E-state index >= 15 is 0 Å². The summed E-state index contributed by atoms with van der Waals surface area (Å²) in [6.07, 6.45) is 10.0. The zero-order chi connectivity index (χ0) is 23.9. The SMILES string of the molecule is CCCCCCc1cc(O)ccc1C(=O)O.CCCCCCc1cc([O-])ccc1C(=O)[O-].[Ca+2]. The van der Waals surface area contributed by atoms with Gasteiger partial charge in [0.05, 0.1) is 11.5 Å². The molecule has 0 aliphatic rings. The summed E-state index contributed by atoms with van der Waals surface area (Å²) in [6.45, 7) is 4.25. The molecule has 0 aliphatic heterocycles. The maximum absolute atomic E-state index is 11.1. The van der Waals surface area contributed by atoms with Gasteiger partial charge in [0.15, 0.2) is 0 Å². The van der Waals surface area contributed by atoms with Gasteiger partial charge in [0.1, 0.15) is 5.75 Å². The third-order valence-corrected chi connectivity index (χ3v) is 5.22. The summed E-state index contributed by atoms with van der Waals surface area (Å²) in [4.78, 5) is 21.7. The van der Waals surface area contributed by atoms with Gasteiger partial charge in [-0.15, -0.1) is 5.75 Å². The predicted molar refractivity (Wildman–Crippen MR) is 127 cm³/mol. The fourth-order valence-corrected chi connectivity index (χ4v) is 3.46. The first-order chi connectivity index (χ1) is 15.3. The fraction of sp³-hybridized carbons (Fsp3) is 0.462. The van der Waals surface area contributed by atoms with Gasteiger partial charge in [-0.3, -0.25) is 0 Å². The number of unbranched alkanes of at least 4 members (excludes halogenated alkanes) is 6. The number of carboxylic acid groups (broad SMARTS) is 2. The summed E-state index contributed by atoms with van der Waals surface area (Å²) in [5, 5.41) is 40.3. The third kappa shape index (κ3) is 12.3. The summed E-state index contributed by atoms with van der Waals surface area (Å²) < 4.78 is 0. The molecular formula is C26H34CaO6. The molecule has 0 radical (unpaired) electrons. The van der Waals surface area contributed by atoms with Gasteiger partial charge in [0, 0.05) is 5.56 Å². The Morgan fingerprint density at radius 2 is 1.30 bits per heavy atom. The Labute approximate surface area is 226 Å². The van der Waals surface area contributed by atoms with Crippen LogP contribution in [0, 0.1) is 0 Å². The summed E-state index contributed by atoms with van der Waals surface area (Å²) in [5.41, 5.74) is 1.78. The number of phenolic OH excluding ortho intramolecular Hbond substituents is 1. The molecule has 2 N–H and O–H groups in total. The third-order valence-electron chi connectivity index (χ3n) is 5.22. The van der Waals surface area contributed by atoms with Crippen LogP contribution < -0.4 is 10.2 Å². The van der Waals surface area contributed by atoms with Crippen molar-refractivity contribution in [2.45, 2.75) is 78.1 Å². The molecule has 0 aromatic heterocycles. The smallest absolute Gasteiger partial charge is 0.872 e. The minimum Gasteiger partial charge on any atom is -0.872 e. The largest absolute Gasteiger partial charge is 2.00 e. The van der Waals surface area contributed by atoms with E-state index in [0.29, 0.717) is 17.5 Å². The van der Waals surface area contributed by atoms with E-state index in [1.54, 1.807) is 6.07 Å². The van der Waals surface area contributed by atoms with Crippen molar-refractivity contribution in [3.05, 3.63) is 58.7 Å². The van der Waals surface area contributed by atoms with E-state index in [1.807, 2.05) is 0 Å². The van der Waals surface area contributed by atoms with Crippen molar-refractivity contribution in [1.29, 1.82) is 0 Å². The van der Waals surface area contributed by atoms with Gasteiger partial charge in [0.25, 0.3) is 0 Å². The summed E-state index contributed by atoms with van der Waals surface area (Å²) in [6, 6.07) is 8.44.